The molecule has 2 aromatic carbocycles. The maximum absolute atomic E-state index is 14.3. The minimum atomic E-state index is -0.611. The van der Waals surface area contributed by atoms with E-state index < -0.39 is 5.82 Å². The Hall–Kier alpha value is -2.08. The van der Waals surface area contributed by atoms with Gasteiger partial charge in [-0.2, -0.15) is 0 Å². The van der Waals surface area contributed by atoms with Gasteiger partial charge in [-0.3, -0.25) is 0 Å². The van der Waals surface area contributed by atoms with Gasteiger partial charge in [-0.05, 0) is 59.1 Å². The van der Waals surface area contributed by atoms with E-state index in [9.17, 15) is 4.39 Å². The Labute approximate surface area is 130 Å². The molecule has 0 amide bonds. The second-order valence-electron chi connectivity index (χ2n) is 4.60. The summed E-state index contributed by atoms with van der Waals surface area (Å²) < 4.78 is 20.0. The van der Waals surface area contributed by atoms with Crippen LogP contribution in [0.3, 0.4) is 0 Å². The lowest BCUT2D eigenvalue weighted by molar-refractivity contribution is 0.318. The molecule has 3 N–H and O–H groups in total. The van der Waals surface area contributed by atoms with Crippen LogP contribution in [0.25, 0.3) is 0 Å². The zero-order valence-electron chi connectivity index (χ0n) is 11.5. The SMILES string of the molecule is Cc1ccc(C)c(Oc2ccc(/C(N)=N/O)c(Br)c2F)c1. The molecule has 0 atom stereocenters. The van der Waals surface area contributed by atoms with Crippen molar-refractivity contribution in [2.75, 3.05) is 0 Å². The molecule has 0 aliphatic carbocycles. The molecule has 0 aliphatic heterocycles. The number of amidine groups is 1. The number of oxime groups is 1. The van der Waals surface area contributed by atoms with Crippen molar-refractivity contribution in [2.24, 2.45) is 10.9 Å². The molecular weight excluding hydrogens is 339 g/mol. The van der Waals surface area contributed by atoms with Crippen LogP contribution in [0.1, 0.15) is 16.7 Å². The van der Waals surface area contributed by atoms with Gasteiger partial charge in [0.25, 0.3) is 0 Å². The summed E-state index contributed by atoms with van der Waals surface area (Å²) in [5, 5.41) is 11.5. The lowest BCUT2D eigenvalue weighted by Crippen LogP contribution is -2.14. The van der Waals surface area contributed by atoms with Crippen molar-refractivity contribution in [1.82, 2.24) is 0 Å². The van der Waals surface area contributed by atoms with E-state index in [1.807, 2.05) is 32.0 Å². The van der Waals surface area contributed by atoms with Crippen molar-refractivity contribution in [3.8, 4) is 11.5 Å². The van der Waals surface area contributed by atoms with Crippen LogP contribution in [0.2, 0.25) is 0 Å². The van der Waals surface area contributed by atoms with Gasteiger partial charge in [0, 0.05) is 5.56 Å². The van der Waals surface area contributed by atoms with Crippen LogP contribution in [0, 0.1) is 19.7 Å². The highest BCUT2D eigenvalue weighted by molar-refractivity contribution is 9.10. The largest absolute Gasteiger partial charge is 0.454 e. The van der Waals surface area contributed by atoms with Gasteiger partial charge in [-0.15, -0.1) is 0 Å². The van der Waals surface area contributed by atoms with E-state index in [1.165, 1.54) is 12.1 Å². The van der Waals surface area contributed by atoms with E-state index in [0.717, 1.165) is 11.1 Å². The van der Waals surface area contributed by atoms with E-state index in [4.69, 9.17) is 15.7 Å². The zero-order chi connectivity index (χ0) is 15.6. The van der Waals surface area contributed by atoms with E-state index in [-0.39, 0.29) is 21.6 Å². The maximum atomic E-state index is 14.3. The lowest BCUT2D eigenvalue weighted by Gasteiger charge is -2.12. The van der Waals surface area contributed by atoms with Crippen molar-refractivity contribution in [2.45, 2.75) is 13.8 Å². The first-order valence-electron chi connectivity index (χ1n) is 6.15. The van der Waals surface area contributed by atoms with Crippen LogP contribution < -0.4 is 10.5 Å². The fourth-order valence-corrected chi connectivity index (χ4v) is 2.33. The summed E-state index contributed by atoms with van der Waals surface area (Å²) in [7, 11) is 0. The predicted molar refractivity (Wildman–Crippen MR) is 82.6 cm³/mol. The molecule has 0 aromatic heterocycles. The van der Waals surface area contributed by atoms with Crippen molar-refractivity contribution >= 4 is 21.8 Å². The number of benzene rings is 2. The molecule has 0 radical (unpaired) electrons. The molecule has 0 spiro atoms. The summed E-state index contributed by atoms with van der Waals surface area (Å²) in [6.45, 7) is 3.81. The fourth-order valence-electron chi connectivity index (χ4n) is 1.80. The smallest absolute Gasteiger partial charge is 0.180 e. The van der Waals surface area contributed by atoms with Crippen LogP contribution in [0.4, 0.5) is 4.39 Å². The van der Waals surface area contributed by atoms with Gasteiger partial charge in [-0.25, -0.2) is 4.39 Å². The maximum Gasteiger partial charge on any atom is 0.180 e. The first-order chi connectivity index (χ1) is 9.93. The summed E-state index contributed by atoms with van der Waals surface area (Å²) in [5.41, 5.74) is 7.64. The molecule has 4 nitrogen and oxygen atoms in total. The number of halogens is 2. The molecule has 0 fully saturated rings. The van der Waals surface area contributed by atoms with Crippen molar-refractivity contribution < 1.29 is 14.3 Å². The highest BCUT2D eigenvalue weighted by Crippen LogP contribution is 2.33. The van der Waals surface area contributed by atoms with Crippen molar-refractivity contribution in [3.05, 3.63) is 57.3 Å². The van der Waals surface area contributed by atoms with Crippen LogP contribution in [0.15, 0.2) is 40.0 Å². The standard InChI is InChI=1S/C15H14BrFN2O2/c1-8-3-4-9(2)12(7-8)21-11-6-5-10(15(18)19-20)13(16)14(11)17/h3-7,20H,1-2H3,(H2,18,19). The highest BCUT2D eigenvalue weighted by atomic mass is 79.9. The Bertz CT molecular complexity index is 717. The van der Waals surface area contributed by atoms with Gasteiger partial charge in [0.15, 0.2) is 17.4 Å². The molecule has 21 heavy (non-hydrogen) atoms. The Balaban J connectivity index is 2.42. The minimum absolute atomic E-state index is 0.0602. The quantitative estimate of drug-likeness (QED) is 0.378. The number of rotatable bonds is 3. The number of aryl methyl sites for hydroxylation is 2. The molecule has 110 valence electrons. The monoisotopic (exact) mass is 352 g/mol. The van der Waals surface area contributed by atoms with Gasteiger partial charge in [0.2, 0.25) is 0 Å². The first-order valence-corrected chi connectivity index (χ1v) is 6.94. The molecule has 0 unspecified atom stereocenters. The zero-order valence-corrected chi connectivity index (χ0v) is 13.1. The van der Waals surface area contributed by atoms with Gasteiger partial charge >= 0.3 is 0 Å². The van der Waals surface area contributed by atoms with Crippen molar-refractivity contribution in [3.63, 3.8) is 0 Å². The molecule has 0 heterocycles. The van der Waals surface area contributed by atoms with E-state index >= 15 is 0 Å². The lowest BCUT2D eigenvalue weighted by atomic mass is 10.1. The molecule has 0 saturated carbocycles. The summed E-state index contributed by atoms with van der Waals surface area (Å²) in [6, 6.07) is 8.65. The van der Waals surface area contributed by atoms with E-state index in [2.05, 4.69) is 21.1 Å². The van der Waals surface area contributed by atoms with Crippen LogP contribution in [0.5, 0.6) is 11.5 Å². The Morgan fingerprint density at radius 2 is 1.95 bits per heavy atom. The van der Waals surface area contributed by atoms with Gasteiger partial charge in [-0.1, -0.05) is 17.3 Å². The molecule has 2 aromatic rings. The highest BCUT2D eigenvalue weighted by Gasteiger charge is 2.16. The average Bonchev–Trinajstić information content (AvgIpc) is 2.47. The molecular formula is C15H14BrFN2O2. The molecule has 0 saturated heterocycles. The third kappa shape index (κ3) is 3.16. The van der Waals surface area contributed by atoms with E-state index in [0.29, 0.717) is 5.75 Å². The number of hydrogen-bond acceptors (Lipinski definition) is 3. The third-order valence-corrected chi connectivity index (χ3v) is 3.77. The Morgan fingerprint density at radius 1 is 1.24 bits per heavy atom. The van der Waals surface area contributed by atoms with Gasteiger partial charge in [0.1, 0.15) is 5.75 Å². The number of ether oxygens (including phenoxy) is 1. The second kappa shape index (κ2) is 6.13. The molecule has 0 aliphatic rings. The average molecular weight is 353 g/mol. The summed E-state index contributed by atoms with van der Waals surface area (Å²) in [4.78, 5) is 0. The van der Waals surface area contributed by atoms with Gasteiger partial charge < -0.3 is 15.7 Å². The Kier molecular flexibility index (Phi) is 4.47. The fraction of sp³-hybridized carbons (Fsp3) is 0.133. The minimum Gasteiger partial charge on any atom is -0.454 e. The van der Waals surface area contributed by atoms with E-state index in [1.54, 1.807) is 0 Å². The van der Waals surface area contributed by atoms with Gasteiger partial charge in [0.05, 0.1) is 4.47 Å². The third-order valence-electron chi connectivity index (χ3n) is 2.99. The van der Waals surface area contributed by atoms with Crippen LogP contribution >= 0.6 is 15.9 Å². The van der Waals surface area contributed by atoms with Crippen LogP contribution in [-0.4, -0.2) is 11.0 Å². The normalized spacial score (nSPS) is 11.5. The van der Waals surface area contributed by atoms with Crippen molar-refractivity contribution in [1.29, 1.82) is 0 Å². The second-order valence-corrected chi connectivity index (χ2v) is 5.39. The number of nitrogens with two attached hydrogens (primary N) is 1. The predicted octanol–water partition coefficient (Wildman–Crippen LogP) is 4.09. The first kappa shape index (κ1) is 15.3. The number of nitrogens with zero attached hydrogens (tertiary/aromatic N) is 1. The topological polar surface area (TPSA) is 67.8 Å². The van der Waals surface area contributed by atoms with Crippen LogP contribution in [-0.2, 0) is 0 Å². The molecule has 2 rings (SSSR count). The Morgan fingerprint density at radius 3 is 2.62 bits per heavy atom. The summed E-state index contributed by atoms with van der Waals surface area (Å²) in [5.74, 6) is -0.151. The summed E-state index contributed by atoms with van der Waals surface area (Å²) in [6.07, 6.45) is 0. The summed E-state index contributed by atoms with van der Waals surface area (Å²) >= 11 is 3.09. The molecule has 0 bridgehead atoms. The number of hydrogen-bond donors (Lipinski definition) is 2. The molecule has 6 heteroatoms.